The van der Waals surface area contributed by atoms with Gasteiger partial charge in [-0.1, -0.05) is 13.0 Å². The van der Waals surface area contributed by atoms with Gasteiger partial charge in [-0.3, -0.25) is 0 Å². The van der Waals surface area contributed by atoms with Crippen LogP contribution in [0, 0.1) is 0 Å². The van der Waals surface area contributed by atoms with Gasteiger partial charge in [-0.05, 0) is 47.9 Å². The molecule has 0 fully saturated rings. The van der Waals surface area contributed by atoms with E-state index in [1.165, 1.54) is 13.2 Å². The third-order valence-corrected chi connectivity index (χ3v) is 5.26. The van der Waals surface area contributed by atoms with Gasteiger partial charge in [-0.25, -0.2) is 13.1 Å². The lowest BCUT2D eigenvalue weighted by Gasteiger charge is -2.12. The summed E-state index contributed by atoms with van der Waals surface area (Å²) >= 11 is 0. The molecule has 0 aliphatic carbocycles. The summed E-state index contributed by atoms with van der Waals surface area (Å²) in [4.78, 5) is 0.214. The summed E-state index contributed by atoms with van der Waals surface area (Å²) in [5, 5.41) is 0. The van der Waals surface area contributed by atoms with Crippen LogP contribution < -0.4 is 18.9 Å². The first-order valence-electron chi connectivity index (χ1n) is 7.82. The van der Waals surface area contributed by atoms with Gasteiger partial charge in [0, 0.05) is 6.54 Å². The normalized spacial score (nSPS) is 11.2. The van der Waals surface area contributed by atoms with E-state index >= 15 is 0 Å². The Balaban J connectivity index is 2.19. The molecule has 0 aromatic heterocycles. The number of ether oxygens (including phenoxy) is 3. The number of sulfonamides is 1. The Labute approximate surface area is 148 Å². The molecule has 2 aromatic carbocycles. The zero-order chi connectivity index (χ0) is 18.4. The van der Waals surface area contributed by atoms with Gasteiger partial charge in [0.05, 0.1) is 26.2 Å². The van der Waals surface area contributed by atoms with Gasteiger partial charge in [0.25, 0.3) is 0 Å². The van der Waals surface area contributed by atoms with Crippen molar-refractivity contribution in [1.29, 1.82) is 0 Å². The molecule has 0 spiro atoms. The van der Waals surface area contributed by atoms with E-state index in [4.69, 9.17) is 14.2 Å². The van der Waals surface area contributed by atoms with E-state index in [0.717, 1.165) is 11.1 Å². The first-order chi connectivity index (χ1) is 11.9. The van der Waals surface area contributed by atoms with Crippen molar-refractivity contribution in [3.63, 3.8) is 0 Å². The molecule has 0 atom stereocenters. The molecule has 7 heteroatoms. The lowest BCUT2D eigenvalue weighted by atomic mass is 10.1. The maximum Gasteiger partial charge on any atom is 0.240 e. The van der Waals surface area contributed by atoms with Crippen molar-refractivity contribution in [2.45, 2.75) is 24.8 Å². The van der Waals surface area contributed by atoms with Crippen molar-refractivity contribution in [2.24, 2.45) is 0 Å². The Morgan fingerprint density at radius 2 is 1.52 bits per heavy atom. The van der Waals surface area contributed by atoms with E-state index in [1.807, 2.05) is 6.92 Å². The first-order valence-corrected chi connectivity index (χ1v) is 9.31. The zero-order valence-electron chi connectivity index (χ0n) is 14.8. The van der Waals surface area contributed by atoms with E-state index in [2.05, 4.69) is 4.72 Å². The second kappa shape index (κ2) is 8.22. The minimum Gasteiger partial charge on any atom is -0.496 e. The van der Waals surface area contributed by atoms with E-state index < -0.39 is 10.0 Å². The second-order valence-corrected chi connectivity index (χ2v) is 7.11. The number of nitrogens with one attached hydrogen (secondary N) is 1. The fourth-order valence-electron chi connectivity index (χ4n) is 2.45. The van der Waals surface area contributed by atoms with E-state index in [9.17, 15) is 8.42 Å². The highest BCUT2D eigenvalue weighted by Gasteiger charge is 2.16. The summed E-state index contributed by atoms with van der Waals surface area (Å²) in [6, 6.07) is 10.1. The summed E-state index contributed by atoms with van der Waals surface area (Å²) in [6.45, 7) is 2.10. The molecule has 136 valence electrons. The van der Waals surface area contributed by atoms with Crippen molar-refractivity contribution in [1.82, 2.24) is 4.72 Å². The monoisotopic (exact) mass is 365 g/mol. The van der Waals surface area contributed by atoms with Crippen LogP contribution in [0.1, 0.15) is 18.1 Å². The fraction of sp³-hybridized carbons (Fsp3) is 0.333. The minimum absolute atomic E-state index is 0.149. The number of aryl methyl sites for hydroxylation is 1. The predicted octanol–water partition coefficient (Wildman–Crippen LogP) is 2.75. The molecule has 1 N–H and O–H groups in total. The van der Waals surface area contributed by atoms with Crippen LogP contribution in [0.5, 0.6) is 17.2 Å². The smallest absolute Gasteiger partial charge is 0.240 e. The van der Waals surface area contributed by atoms with Crippen LogP contribution in [0.15, 0.2) is 41.3 Å². The molecular weight excluding hydrogens is 342 g/mol. The van der Waals surface area contributed by atoms with E-state index in [-0.39, 0.29) is 11.4 Å². The van der Waals surface area contributed by atoms with Gasteiger partial charge in [0.1, 0.15) is 5.75 Å². The van der Waals surface area contributed by atoms with Crippen LogP contribution in [-0.4, -0.2) is 29.7 Å². The molecule has 0 unspecified atom stereocenters. The Morgan fingerprint density at radius 3 is 2.12 bits per heavy atom. The van der Waals surface area contributed by atoms with Crippen LogP contribution in [0.25, 0.3) is 0 Å². The average molecular weight is 365 g/mol. The van der Waals surface area contributed by atoms with E-state index in [0.29, 0.717) is 23.7 Å². The third-order valence-electron chi connectivity index (χ3n) is 3.86. The van der Waals surface area contributed by atoms with Crippen LogP contribution in [0.3, 0.4) is 0 Å². The van der Waals surface area contributed by atoms with Gasteiger partial charge in [-0.15, -0.1) is 0 Å². The molecule has 25 heavy (non-hydrogen) atoms. The molecule has 2 aromatic rings. The van der Waals surface area contributed by atoms with Gasteiger partial charge >= 0.3 is 0 Å². The number of hydrogen-bond acceptors (Lipinski definition) is 5. The standard InChI is InChI=1S/C18H23NO5S/c1-5-14-11-15(7-9-16(14)22-2)25(20,21)19-12-13-6-8-17(23-3)18(10-13)24-4/h6-11,19H,5,12H2,1-4H3. The lowest BCUT2D eigenvalue weighted by Crippen LogP contribution is -2.23. The number of rotatable bonds is 8. The van der Waals surface area contributed by atoms with E-state index in [1.54, 1.807) is 44.6 Å². The maximum absolute atomic E-state index is 12.5. The van der Waals surface area contributed by atoms with Crippen LogP contribution in [-0.2, 0) is 23.0 Å². The highest BCUT2D eigenvalue weighted by atomic mass is 32.2. The first kappa shape index (κ1) is 19.1. The molecule has 0 saturated carbocycles. The molecule has 0 radical (unpaired) electrons. The molecular formula is C18H23NO5S. The van der Waals surface area contributed by atoms with Crippen molar-refractivity contribution in [3.8, 4) is 17.2 Å². The predicted molar refractivity (Wildman–Crippen MR) is 95.9 cm³/mol. The highest BCUT2D eigenvalue weighted by Crippen LogP contribution is 2.28. The molecule has 0 aliphatic heterocycles. The van der Waals surface area contributed by atoms with Gasteiger partial charge < -0.3 is 14.2 Å². The molecule has 0 saturated heterocycles. The SMILES string of the molecule is CCc1cc(S(=O)(=O)NCc2ccc(OC)c(OC)c2)ccc1OC. The topological polar surface area (TPSA) is 73.9 Å². The summed E-state index contributed by atoms with van der Waals surface area (Å²) in [5.41, 5.74) is 1.61. The molecule has 0 aliphatic rings. The largest absolute Gasteiger partial charge is 0.496 e. The van der Waals surface area contributed by atoms with Crippen LogP contribution in [0.4, 0.5) is 0 Å². The molecule has 0 bridgehead atoms. The van der Waals surface area contributed by atoms with Crippen molar-refractivity contribution in [2.75, 3.05) is 21.3 Å². The fourth-order valence-corrected chi connectivity index (χ4v) is 3.52. The summed E-state index contributed by atoms with van der Waals surface area (Å²) in [7, 11) is 1.03. The number of hydrogen-bond donors (Lipinski definition) is 1. The Morgan fingerprint density at radius 1 is 0.880 bits per heavy atom. The van der Waals surface area contributed by atoms with Crippen molar-refractivity contribution < 1.29 is 22.6 Å². The Hall–Kier alpha value is -2.25. The summed E-state index contributed by atoms with van der Waals surface area (Å²) in [6.07, 6.45) is 0.683. The molecule has 0 heterocycles. The third kappa shape index (κ3) is 4.43. The number of benzene rings is 2. The maximum atomic E-state index is 12.5. The minimum atomic E-state index is -3.63. The highest BCUT2D eigenvalue weighted by molar-refractivity contribution is 7.89. The average Bonchev–Trinajstić information content (AvgIpc) is 2.65. The quantitative estimate of drug-likeness (QED) is 0.779. The van der Waals surface area contributed by atoms with Crippen LogP contribution in [0.2, 0.25) is 0 Å². The second-order valence-electron chi connectivity index (χ2n) is 5.34. The Kier molecular flexibility index (Phi) is 6.27. The molecule has 2 rings (SSSR count). The zero-order valence-corrected chi connectivity index (χ0v) is 15.6. The lowest BCUT2D eigenvalue weighted by molar-refractivity contribution is 0.354. The number of methoxy groups -OCH3 is 3. The van der Waals surface area contributed by atoms with Crippen molar-refractivity contribution in [3.05, 3.63) is 47.5 Å². The van der Waals surface area contributed by atoms with Gasteiger partial charge in [0.2, 0.25) is 10.0 Å². The summed E-state index contributed by atoms with van der Waals surface area (Å²) in [5.74, 6) is 1.83. The molecule has 0 amide bonds. The van der Waals surface area contributed by atoms with Gasteiger partial charge in [-0.2, -0.15) is 0 Å². The van der Waals surface area contributed by atoms with Crippen LogP contribution >= 0.6 is 0 Å². The molecule has 6 nitrogen and oxygen atoms in total. The van der Waals surface area contributed by atoms with Crippen molar-refractivity contribution >= 4 is 10.0 Å². The van der Waals surface area contributed by atoms with Gasteiger partial charge in [0.15, 0.2) is 11.5 Å². The Bertz CT molecular complexity index is 833. The summed E-state index contributed by atoms with van der Waals surface area (Å²) < 4.78 is 43.3.